The lowest BCUT2D eigenvalue weighted by atomic mass is 10.2. The monoisotopic (exact) mass is 227 g/mol. The second kappa shape index (κ2) is 3.24. The van der Waals surface area contributed by atoms with Gasteiger partial charge in [-0.3, -0.25) is 0 Å². The number of fused-ring (bicyclic) bond motifs is 1. The van der Waals surface area contributed by atoms with Crippen LogP contribution in [0.25, 0.3) is 10.9 Å². The Morgan fingerprint density at radius 2 is 2.20 bits per heavy atom. The molecule has 0 fully saturated rings. The molecule has 0 saturated heterocycles. The van der Waals surface area contributed by atoms with Crippen molar-refractivity contribution in [2.75, 3.05) is 0 Å². The first-order valence-electron chi connectivity index (χ1n) is 4.19. The van der Waals surface area contributed by atoms with Gasteiger partial charge < -0.3 is 9.67 Å². The van der Waals surface area contributed by atoms with Crippen LogP contribution in [0.5, 0.6) is 0 Å². The van der Waals surface area contributed by atoms with Gasteiger partial charge >= 0.3 is 5.97 Å². The third-order valence-corrected chi connectivity index (χ3v) is 2.54. The molecule has 0 aliphatic carbocycles. The van der Waals surface area contributed by atoms with Crippen LogP contribution in [0.15, 0.2) is 18.2 Å². The lowest BCUT2D eigenvalue weighted by Crippen LogP contribution is -2.05. The fourth-order valence-electron chi connectivity index (χ4n) is 1.60. The molecule has 0 amide bonds. The molecule has 0 aliphatic rings. The van der Waals surface area contributed by atoms with Crippen molar-refractivity contribution in [2.45, 2.75) is 0 Å². The van der Waals surface area contributed by atoms with Gasteiger partial charge in [0, 0.05) is 17.5 Å². The Bertz CT molecular complexity index is 562. The third-order valence-electron chi connectivity index (χ3n) is 2.30. The van der Waals surface area contributed by atoms with Gasteiger partial charge in [-0.2, -0.15) is 0 Å². The van der Waals surface area contributed by atoms with E-state index in [-0.39, 0.29) is 11.1 Å². The molecule has 2 rings (SSSR count). The first kappa shape index (κ1) is 9.98. The summed E-state index contributed by atoms with van der Waals surface area (Å²) in [6, 6.07) is 4.53. The number of carboxylic acid groups (broad SMARTS) is 1. The van der Waals surface area contributed by atoms with E-state index in [4.69, 9.17) is 16.7 Å². The molecule has 1 aromatic heterocycles. The Labute approximate surface area is 89.7 Å². The molecule has 5 heteroatoms. The largest absolute Gasteiger partial charge is 0.476 e. The van der Waals surface area contributed by atoms with E-state index in [1.165, 1.54) is 29.8 Å². The van der Waals surface area contributed by atoms with Crippen LogP contribution in [0.2, 0.25) is 5.02 Å². The number of benzene rings is 1. The van der Waals surface area contributed by atoms with Crippen molar-refractivity contribution in [2.24, 2.45) is 7.05 Å². The van der Waals surface area contributed by atoms with Gasteiger partial charge in [-0.15, -0.1) is 0 Å². The highest BCUT2D eigenvalue weighted by Crippen LogP contribution is 2.26. The second-order valence-electron chi connectivity index (χ2n) is 3.19. The number of halogens is 2. The molecule has 0 saturated carbocycles. The summed E-state index contributed by atoms with van der Waals surface area (Å²) in [4.78, 5) is 10.8. The smallest absolute Gasteiger partial charge is 0.355 e. The molecule has 0 unspecified atom stereocenters. The minimum absolute atomic E-state index is 0.263. The summed E-state index contributed by atoms with van der Waals surface area (Å²) >= 11 is 5.75. The van der Waals surface area contributed by atoms with Gasteiger partial charge in [-0.25, -0.2) is 9.18 Å². The molecule has 15 heavy (non-hydrogen) atoms. The summed E-state index contributed by atoms with van der Waals surface area (Å²) in [5.41, 5.74) is 0.115. The summed E-state index contributed by atoms with van der Waals surface area (Å²) in [5.74, 6) is -2.01. The molecule has 2 aromatic rings. The van der Waals surface area contributed by atoms with E-state index in [0.717, 1.165) is 0 Å². The number of hydrogen-bond acceptors (Lipinski definition) is 1. The van der Waals surface area contributed by atoms with Crippen molar-refractivity contribution in [3.63, 3.8) is 0 Å². The second-order valence-corrected chi connectivity index (χ2v) is 3.62. The van der Waals surface area contributed by atoms with Crippen molar-refractivity contribution in [1.82, 2.24) is 4.57 Å². The highest BCUT2D eigenvalue weighted by molar-refractivity contribution is 6.31. The van der Waals surface area contributed by atoms with Gasteiger partial charge in [0.15, 0.2) is 11.5 Å². The predicted octanol–water partition coefficient (Wildman–Crippen LogP) is 2.67. The van der Waals surface area contributed by atoms with Crippen LogP contribution in [0.4, 0.5) is 4.39 Å². The van der Waals surface area contributed by atoms with Crippen molar-refractivity contribution in [1.29, 1.82) is 0 Å². The van der Waals surface area contributed by atoms with Crippen LogP contribution in [0.3, 0.4) is 0 Å². The molecule has 0 atom stereocenters. The van der Waals surface area contributed by atoms with Gasteiger partial charge in [0.25, 0.3) is 0 Å². The molecule has 1 heterocycles. The van der Waals surface area contributed by atoms with Crippen LogP contribution in [-0.2, 0) is 7.05 Å². The zero-order valence-electron chi connectivity index (χ0n) is 7.79. The first-order chi connectivity index (χ1) is 7.02. The quantitative estimate of drug-likeness (QED) is 0.814. The standard InChI is InChI=1S/C10H7ClFNO2/c1-13-7-4-5(11)2-3-6(7)8(12)9(13)10(14)15/h2-4H,1H3,(H,14,15). The Morgan fingerprint density at radius 3 is 2.80 bits per heavy atom. The number of aryl methyl sites for hydroxylation is 1. The Morgan fingerprint density at radius 1 is 1.53 bits per heavy atom. The van der Waals surface area contributed by atoms with Crippen LogP contribution in [0.1, 0.15) is 10.5 Å². The van der Waals surface area contributed by atoms with Gasteiger partial charge in [0.1, 0.15) is 0 Å². The molecule has 1 N–H and O–H groups in total. The number of aromatic carboxylic acids is 1. The average molecular weight is 228 g/mol. The maximum Gasteiger partial charge on any atom is 0.355 e. The number of carboxylic acids is 1. The highest BCUT2D eigenvalue weighted by atomic mass is 35.5. The van der Waals surface area contributed by atoms with Crippen LogP contribution >= 0.6 is 11.6 Å². The van der Waals surface area contributed by atoms with E-state index in [0.29, 0.717) is 10.5 Å². The van der Waals surface area contributed by atoms with Crippen molar-refractivity contribution in [3.8, 4) is 0 Å². The molecule has 78 valence electrons. The normalized spacial score (nSPS) is 10.9. The van der Waals surface area contributed by atoms with Gasteiger partial charge in [0.05, 0.1) is 5.52 Å². The number of aromatic nitrogens is 1. The van der Waals surface area contributed by atoms with Crippen LogP contribution in [0, 0.1) is 5.82 Å². The Hall–Kier alpha value is -1.55. The predicted molar refractivity (Wildman–Crippen MR) is 54.8 cm³/mol. The molecule has 3 nitrogen and oxygen atoms in total. The van der Waals surface area contributed by atoms with Gasteiger partial charge in [-0.05, 0) is 18.2 Å². The zero-order chi connectivity index (χ0) is 11.2. The SMILES string of the molecule is Cn1c(C(=O)O)c(F)c2ccc(Cl)cc21. The molecule has 1 aromatic carbocycles. The van der Waals surface area contributed by atoms with Crippen molar-refractivity contribution >= 4 is 28.5 Å². The fraction of sp³-hybridized carbons (Fsp3) is 0.100. The van der Waals surface area contributed by atoms with E-state index >= 15 is 0 Å². The van der Waals surface area contributed by atoms with E-state index in [1.807, 2.05) is 0 Å². The summed E-state index contributed by atoms with van der Waals surface area (Å²) < 4.78 is 14.9. The number of hydrogen-bond donors (Lipinski definition) is 1. The lowest BCUT2D eigenvalue weighted by Gasteiger charge is -1.98. The topological polar surface area (TPSA) is 42.2 Å². The average Bonchev–Trinajstić information content (AvgIpc) is 2.39. The molecule has 0 bridgehead atoms. The molecular formula is C10H7ClFNO2. The highest BCUT2D eigenvalue weighted by Gasteiger charge is 2.20. The van der Waals surface area contributed by atoms with Crippen LogP contribution < -0.4 is 0 Å². The van der Waals surface area contributed by atoms with Gasteiger partial charge in [-0.1, -0.05) is 11.6 Å². The summed E-state index contributed by atoms with van der Waals surface area (Å²) in [6.07, 6.45) is 0. The van der Waals surface area contributed by atoms with Gasteiger partial charge in [0.2, 0.25) is 0 Å². The Kier molecular flexibility index (Phi) is 2.16. The molecular weight excluding hydrogens is 221 g/mol. The van der Waals surface area contributed by atoms with Crippen molar-refractivity contribution in [3.05, 3.63) is 34.7 Å². The lowest BCUT2D eigenvalue weighted by molar-refractivity contribution is 0.0682. The molecule has 0 aliphatic heterocycles. The minimum atomic E-state index is -1.29. The molecule has 0 spiro atoms. The van der Waals surface area contributed by atoms with E-state index in [2.05, 4.69) is 0 Å². The third kappa shape index (κ3) is 1.37. The van der Waals surface area contributed by atoms with Crippen LogP contribution in [-0.4, -0.2) is 15.6 Å². The number of rotatable bonds is 1. The number of carbonyl (C=O) groups is 1. The van der Waals surface area contributed by atoms with E-state index < -0.39 is 11.8 Å². The maximum atomic E-state index is 13.6. The summed E-state index contributed by atoms with van der Waals surface area (Å²) in [7, 11) is 1.49. The van der Waals surface area contributed by atoms with E-state index in [9.17, 15) is 9.18 Å². The Balaban J connectivity index is 2.91. The number of nitrogens with zero attached hydrogens (tertiary/aromatic N) is 1. The first-order valence-corrected chi connectivity index (χ1v) is 4.57. The summed E-state index contributed by atoms with van der Waals surface area (Å²) in [5, 5.41) is 9.53. The fourth-order valence-corrected chi connectivity index (χ4v) is 1.77. The summed E-state index contributed by atoms with van der Waals surface area (Å²) in [6.45, 7) is 0. The van der Waals surface area contributed by atoms with Crippen molar-refractivity contribution < 1.29 is 14.3 Å². The van der Waals surface area contributed by atoms with E-state index in [1.54, 1.807) is 0 Å². The zero-order valence-corrected chi connectivity index (χ0v) is 8.55. The maximum absolute atomic E-state index is 13.6. The molecule has 0 radical (unpaired) electrons. The minimum Gasteiger partial charge on any atom is -0.476 e.